The summed E-state index contributed by atoms with van der Waals surface area (Å²) in [5, 5.41) is 0. The van der Waals surface area contributed by atoms with E-state index < -0.39 is 0 Å². The van der Waals surface area contributed by atoms with Crippen molar-refractivity contribution in [2.75, 3.05) is 18.0 Å². The number of hydrogen-bond donors (Lipinski definition) is 0. The van der Waals surface area contributed by atoms with Crippen molar-refractivity contribution in [1.82, 2.24) is 4.90 Å². The Kier molecular flexibility index (Phi) is 4.93. The second kappa shape index (κ2) is 6.96. The normalized spacial score (nSPS) is 24.5. The minimum absolute atomic E-state index is 0.0795. The molecule has 1 aromatic rings. The Morgan fingerprint density at radius 3 is 2.58 bits per heavy atom. The summed E-state index contributed by atoms with van der Waals surface area (Å²) in [6, 6.07) is 6.43. The molecule has 0 saturated carbocycles. The number of amides is 2. The Hall–Kier alpha value is -1.84. The van der Waals surface area contributed by atoms with Crippen LogP contribution in [0.1, 0.15) is 50.2 Å². The van der Waals surface area contributed by atoms with Crippen molar-refractivity contribution in [2.45, 2.75) is 58.9 Å². The van der Waals surface area contributed by atoms with Crippen LogP contribution in [0.2, 0.25) is 0 Å². The van der Waals surface area contributed by atoms with Gasteiger partial charge in [-0.3, -0.25) is 9.59 Å². The SMILES string of the molecule is CCC1CCCCN1C(=O)C1CC(=O)N(c2c(C)cccc2C)C1. The van der Waals surface area contributed by atoms with Crippen molar-refractivity contribution < 1.29 is 9.59 Å². The highest BCUT2D eigenvalue weighted by atomic mass is 16.2. The molecule has 0 spiro atoms. The number of aryl methyl sites for hydroxylation is 2. The lowest BCUT2D eigenvalue weighted by Gasteiger charge is -2.36. The van der Waals surface area contributed by atoms with E-state index in [4.69, 9.17) is 0 Å². The molecule has 2 amide bonds. The molecule has 4 heteroatoms. The number of benzene rings is 1. The molecule has 1 aromatic carbocycles. The van der Waals surface area contributed by atoms with E-state index >= 15 is 0 Å². The predicted octanol–water partition coefficient (Wildman–Crippen LogP) is 3.45. The summed E-state index contributed by atoms with van der Waals surface area (Å²) in [4.78, 5) is 29.5. The van der Waals surface area contributed by atoms with Crippen molar-refractivity contribution in [3.63, 3.8) is 0 Å². The third kappa shape index (κ3) is 3.06. The van der Waals surface area contributed by atoms with Gasteiger partial charge < -0.3 is 9.80 Å². The van der Waals surface area contributed by atoms with Crippen molar-refractivity contribution in [2.24, 2.45) is 5.92 Å². The van der Waals surface area contributed by atoms with Gasteiger partial charge in [-0.2, -0.15) is 0 Å². The smallest absolute Gasteiger partial charge is 0.228 e. The Labute approximate surface area is 144 Å². The highest BCUT2D eigenvalue weighted by Gasteiger charge is 2.39. The molecule has 0 aromatic heterocycles. The summed E-state index contributed by atoms with van der Waals surface area (Å²) in [7, 11) is 0. The molecule has 130 valence electrons. The molecule has 2 aliphatic rings. The standard InChI is InChI=1S/C20H28N2O2/c1-4-17-10-5-6-11-21(17)20(24)16-12-18(23)22(13-16)19-14(2)8-7-9-15(19)3/h7-9,16-17H,4-6,10-13H2,1-3H3. The van der Waals surface area contributed by atoms with Gasteiger partial charge in [-0.15, -0.1) is 0 Å². The minimum Gasteiger partial charge on any atom is -0.339 e. The van der Waals surface area contributed by atoms with Crippen LogP contribution in [0.15, 0.2) is 18.2 Å². The molecule has 4 nitrogen and oxygen atoms in total. The van der Waals surface area contributed by atoms with Gasteiger partial charge >= 0.3 is 0 Å². The first kappa shape index (κ1) is 17.0. The molecule has 0 radical (unpaired) electrons. The number of likely N-dealkylation sites (tertiary alicyclic amines) is 1. The molecule has 24 heavy (non-hydrogen) atoms. The number of piperidine rings is 1. The first-order chi connectivity index (χ1) is 11.5. The minimum atomic E-state index is -0.191. The summed E-state index contributed by atoms with van der Waals surface area (Å²) >= 11 is 0. The van der Waals surface area contributed by atoms with Gasteiger partial charge in [0.15, 0.2) is 0 Å². The number of carbonyl (C=O) groups is 2. The number of rotatable bonds is 3. The quantitative estimate of drug-likeness (QED) is 0.853. The number of anilines is 1. The number of hydrogen-bond acceptors (Lipinski definition) is 2. The third-order valence-electron chi connectivity index (χ3n) is 5.57. The summed E-state index contributed by atoms with van der Waals surface area (Å²) in [5.41, 5.74) is 3.19. The van der Waals surface area contributed by atoms with Crippen molar-refractivity contribution in [1.29, 1.82) is 0 Å². The number of nitrogens with zero attached hydrogens (tertiary/aromatic N) is 2. The Bertz CT molecular complexity index is 620. The highest BCUT2D eigenvalue weighted by molar-refractivity contribution is 6.01. The molecular weight excluding hydrogens is 300 g/mol. The molecule has 0 aliphatic carbocycles. The van der Waals surface area contributed by atoms with Gasteiger partial charge in [0.2, 0.25) is 11.8 Å². The molecule has 2 atom stereocenters. The average Bonchev–Trinajstić information content (AvgIpc) is 2.95. The lowest BCUT2D eigenvalue weighted by Crippen LogP contribution is -2.46. The number of carbonyl (C=O) groups excluding carboxylic acids is 2. The largest absolute Gasteiger partial charge is 0.339 e. The van der Waals surface area contributed by atoms with Crippen molar-refractivity contribution in [3.05, 3.63) is 29.3 Å². The predicted molar refractivity (Wildman–Crippen MR) is 96.0 cm³/mol. The molecule has 0 N–H and O–H groups in total. The maximum Gasteiger partial charge on any atom is 0.228 e. The van der Waals surface area contributed by atoms with Gasteiger partial charge in [0.1, 0.15) is 0 Å². The lowest BCUT2D eigenvalue weighted by atomic mass is 9.97. The van der Waals surface area contributed by atoms with E-state index in [1.54, 1.807) is 0 Å². The topological polar surface area (TPSA) is 40.6 Å². The van der Waals surface area contributed by atoms with E-state index in [-0.39, 0.29) is 17.7 Å². The first-order valence-corrected chi connectivity index (χ1v) is 9.20. The summed E-state index contributed by atoms with van der Waals surface area (Å²) in [6.45, 7) is 7.59. The van der Waals surface area contributed by atoms with E-state index in [1.165, 1.54) is 6.42 Å². The van der Waals surface area contributed by atoms with Gasteiger partial charge in [0.25, 0.3) is 0 Å². The molecule has 2 unspecified atom stereocenters. The van der Waals surface area contributed by atoms with Gasteiger partial charge in [-0.1, -0.05) is 25.1 Å². The average molecular weight is 328 g/mol. The Balaban J connectivity index is 1.78. The maximum absolute atomic E-state index is 13.0. The maximum atomic E-state index is 13.0. The van der Waals surface area contributed by atoms with Crippen molar-refractivity contribution >= 4 is 17.5 Å². The van der Waals surface area contributed by atoms with Crippen molar-refractivity contribution in [3.8, 4) is 0 Å². The van der Waals surface area contributed by atoms with Crippen LogP contribution in [-0.4, -0.2) is 35.8 Å². The number of para-hydroxylation sites is 1. The van der Waals surface area contributed by atoms with E-state index in [9.17, 15) is 9.59 Å². The van der Waals surface area contributed by atoms with Crippen LogP contribution in [0.25, 0.3) is 0 Å². The van der Waals surface area contributed by atoms with E-state index in [2.05, 4.69) is 11.8 Å². The molecule has 2 aliphatic heterocycles. The third-order valence-corrected chi connectivity index (χ3v) is 5.57. The zero-order valence-electron chi connectivity index (χ0n) is 15.0. The van der Waals surface area contributed by atoms with Gasteiger partial charge in [0, 0.05) is 31.2 Å². The second-order valence-corrected chi connectivity index (χ2v) is 7.24. The fourth-order valence-electron chi connectivity index (χ4n) is 4.27. The first-order valence-electron chi connectivity index (χ1n) is 9.20. The fourth-order valence-corrected chi connectivity index (χ4v) is 4.27. The van der Waals surface area contributed by atoms with Crippen LogP contribution in [0, 0.1) is 19.8 Å². The molecule has 2 heterocycles. The van der Waals surface area contributed by atoms with Crippen LogP contribution in [0.3, 0.4) is 0 Å². The van der Waals surface area contributed by atoms with Gasteiger partial charge in [-0.05, 0) is 50.7 Å². The van der Waals surface area contributed by atoms with E-state index in [1.807, 2.05) is 36.9 Å². The lowest BCUT2D eigenvalue weighted by molar-refractivity contribution is -0.139. The van der Waals surface area contributed by atoms with Crippen LogP contribution >= 0.6 is 0 Å². The molecule has 0 bridgehead atoms. The van der Waals surface area contributed by atoms with E-state index in [0.717, 1.165) is 42.6 Å². The Morgan fingerprint density at radius 2 is 1.92 bits per heavy atom. The monoisotopic (exact) mass is 328 g/mol. The molecular formula is C20H28N2O2. The van der Waals surface area contributed by atoms with Crippen LogP contribution in [-0.2, 0) is 9.59 Å². The summed E-state index contributed by atoms with van der Waals surface area (Å²) in [5.74, 6) is 0.0723. The van der Waals surface area contributed by atoms with Crippen LogP contribution in [0.4, 0.5) is 5.69 Å². The summed E-state index contributed by atoms with van der Waals surface area (Å²) in [6.07, 6.45) is 4.75. The zero-order valence-corrected chi connectivity index (χ0v) is 15.0. The molecule has 3 rings (SSSR count). The second-order valence-electron chi connectivity index (χ2n) is 7.24. The van der Waals surface area contributed by atoms with Crippen LogP contribution in [0.5, 0.6) is 0 Å². The van der Waals surface area contributed by atoms with Crippen LogP contribution < -0.4 is 4.90 Å². The highest BCUT2D eigenvalue weighted by Crippen LogP contribution is 2.32. The van der Waals surface area contributed by atoms with E-state index in [0.29, 0.717) is 19.0 Å². The zero-order chi connectivity index (χ0) is 17.3. The van der Waals surface area contributed by atoms with Gasteiger partial charge in [0.05, 0.1) is 5.92 Å². The van der Waals surface area contributed by atoms with Gasteiger partial charge in [-0.25, -0.2) is 0 Å². The summed E-state index contributed by atoms with van der Waals surface area (Å²) < 4.78 is 0. The molecule has 2 saturated heterocycles. The molecule has 2 fully saturated rings. The fraction of sp³-hybridized carbons (Fsp3) is 0.600. The Morgan fingerprint density at radius 1 is 1.21 bits per heavy atom.